The minimum absolute atomic E-state index is 0.263. The van der Waals surface area contributed by atoms with Crippen LogP contribution in [-0.2, 0) is 0 Å². The Morgan fingerprint density at radius 3 is 2.39 bits per heavy atom. The van der Waals surface area contributed by atoms with E-state index in [2.05, 4.69) is 0 Å². The van der Waals surface area contributed by atoms with Gasteiger partial charge in [-0.15, -0.1) is 0 Å². The average molecular weight is 246 g/mol. The van der Waals surface area contributed by atoms with Crippen LogP contribution in [0.4, 0.5) is 4.39 Å². The second-order valence-corrected chi connectivity index (χ2v) is 4.00. The normalized spacial score (nSPS) is 10.2. The molecule has 0 unspecified atom stereocenters. The van der Waals surface area contributed by atoms with Gasteiger partial charge in [-0.05, 0) is 36.2 Å². The number of rotatable bonds is 3. The zero-order valence-electron chi connectivity index (χ0n) is 10.7. The molecule has 2 nitrogen and oxygen atoms in total. The van der Waals surface area contributed by atoms with Gasteiger partial charge < -0.3 is 9.47 Å². The maximum Gasteiger partial charge on any atom is 0.168 e. The molecule has 0 saturated carbocycles. The van der Waals surface area contributed by atoms with Gasteiger partial charge in [-0.3, -0.25) is 0 Å². The van der Waals surface area contributed by atoms with E-state index in [1.54, 1.807) is 20.3 Å². The summed E-state index contributed by atoms with van der Waals surface area (Å²) in [7, 11) is 3.16. The molecule has 0 fully saturated rings. The Kier molecular flexibility index (Phi) is 3.51. The molecule has 0 bridgehead atoms. The first-order valence-electron chi connectivity index (χ1n) is 5.65. The summed E-state index contributed by atoms with van der Waals surface area (Å²) in [6.07, 6.45) is 0. The van der Waals surface area contributed by atoms with Gasteiger partial charge in [0, 0.05) is 5.56 Å². The Morgan fingerprint density at radius 2 is 1.72 bits per heavy atom. The van der Waals surface area contributed by atoms with Gasteiger partial charge in [0.1, 0.15) is 5.82 Å². The summed E-state index contributed by atoms with van der Waals surface area (Å²) in [5, 5.41) is 0. The molecule has 2 aromatic carbocycles. The van der Waals surface area contributed by atoms with Crippen LogP contribution >= 0.6 is 0 Å². The van der Waals surface area contributed by atoms with Crippen molar-refractivity contribution in [1.29, 1.82) is 0 Å². The summed E-state index contributed by atoms with van der Waals surface area (Å²) < 4.78 is 24.0. The Hall–Kier alpha value is -2.03. The van der Waals surface area contributed by atoms with Crippen molar-refractivity contribution >= 4 is 0 Å². The van der Waals surface area contributed by atoms with Crippen LogP contribution in [0.2, 0.25) is 0 Å². The third kappa shape index (κ3) is 2.16. The lowest BCUT2D eigenvalue weighted by Crippen LogP contribution is -1.94. The zero-order valence-corrected chi connectivity index (χ0v) is 10.7. The molecule has 0 saturated heterocycles. The molecular formula is C15H15FO2. The molecule has 0 amide bonds. The molecule has 2 aromatic rings. The minimum Gasteiger partial charge on any atom is -0.493 e. The van der Waals surface area contributed by atoms with Crippen LogP contribution in [0.25, 0.3) is 11.1 Å². The van der Waals surface area contributed by atoms with Crippen LogP contribution in [0.3, 0.4) is 0 Å². The summed E-state index contributed by atoms with van der Waals surface area (Å²) >= 11 is 0. The predicted molar refractivity (Wildman–Crippen MR) is 69.7 cm³/mol. The zero-order chi connectivity index (χ0) is 13.1. The topological polar surface area (TPSA) is 18.5 Å². The average Bonchev–Trinajstić information content (AvgIpc) is 2.40. The van der Waals surface area contributed by atoms with Gasteiger partial charge in [0.05, 0.1) is 14.2 Å². The summed E-state index contributed by atoms with van der Waals surface area (Å²) in [6, 6.07) is 10.3. The Bertz CT molecular complexity index is 564. The minimum atomic E-state index is -0.263. The Labute approximate surface area is 106 Å². The highest BCUT2D eigenvalue weighted by molar-refractivity contribution is 5.76. The van der Waals surface area contributed by atoms with Crippen LogP contribution in [0, 0.1) is 12.7 Å². The second-order valence-electron chi connectivity index (χ2n) is 4.00. The highest BCUT2D eigenvalue weighted by Crippen LogP contribution is 2.39. The largest absolute Gasteiger partial charge is 0.493 e. The van der Waals surface area contributed by atoms with Gasteiger partial charge >= 0.3 is 0 Å². The molecule has 0 heterocycles. The van der Waals surface area contributed by atoms with Gasteiger partial charge in [-0.2, -0.15) is 0 Å². The molecule has 2 rings (SSSR count). The van der Waals surface area contributed by atoms with Crippen molar-refractivity contribution in [1.82, 2.24) is 0 Å². The molecule has 0 atom stereocenters. The molecule has 0 aliphatic heterocycles. The highest BCUT2D eigenvalue weighted by Gasteiger charge is 2.13. The maximum absolute atomic E-state index is 13.4. The van der Waals surface area contributed by atoms with E-state index in [1.807, 2.05) is 25.1 Å². The van der Waals surface area contributed by atoms with Crippen molar-refractivity contribution in [2.24, 2.45) is 0 Å². The fraction of sp³-hybridized carbons (Fsp3) is 0.200. The first-order valence-corrected chi connectivity index (χ1v) is 5.65. The van der Waals surface area contributed by atoms with Gasteiger partial charge in [0.25, 0.3) is 0 Å². The number of benzene rings is 2. The first kappa shape index (κ1) is 12.4. The van der Waals surface area contributed by atoms with Gasteiger partial charge in [0.15, 0.2) is 11.5 Å². The van der Waals surface area contributed by atoms with Crippen LogP contribution in [0.1, 0.15) is 5.56 Å². The van der Waals surface area contributed by atoms with E-state index in [0.717, 1.165) is 16.7 Å². The Morgan fingerprint density at radius 1 is 0.944 bits per heavy atom. The van der Waals surface area contributed by atoms with Gasteiger partial charge in [0.2, 0.25) is 0 Å². The highest BCUT2D eigenvalue weighted by atomic mass is 19.1. The van der Waals surface area contributed by atoms with Crippen molar-refractivity contribution in [3.05, 3.63) is 47.8 Å². The fourth-order valence-electron chi connectivity index (χ4n) is 1.98. The molecule has 0 aliphatic rings. The van der Waals surface area contributed by atoms with E-state index in [-0.39, 0.29) is 5.82 Å². The standard InChI is InChI=1S/C15H15FO2/c1-10-7-8-11(16)9-13(10)12-5-4-6-14(17-2)15(12)18-3/h4-9H,1-3H3. The summed E-state index contributed by atoms with van der Waals surface area (Å²) in [4.78, 5) is 0. The number of ether oxygens (including phenoxy) is 2. The van der Waals surface area contributed by atoms with Crippen molar-refractivity contribution in [3.8, 4) is 22.6 Å². The lowest BCUT2D eigenvalue weighted by atomic mass is 9.99. The monoisotopic (exact) mass is 246 g/mol. The summed E-state index contributed by atoms with van der Waals surface area (Å²) in [5.74, 6) is 0.993. The fourth-order valence-corrected chi connectivity index (χ4v) is 1.98. The van der Waals surface area contributed by atoms with Crippen molar-refractivity contribution in [2.75, 3.05) is 14.2 Å². The molecule has 0 N–H and O–H groups in total. The van der Waals surface area contributed by atoms with E-state index in [4.69, 9.17) is 9.47 Å². The van der Waals surface area contributed by atoms with Crippen molar-refractivity contribution < 1.29 is 13.9 Å². The van der Waals surface area contributed by atoms with E-state index >= 15 is 0 Å². The lowest BCUT2D eigenvalue weighted by molar-refractivity contribution is 0.356. The van der Waals surface area contributed by atoms with E-state index < -0.39 is 0 Å². The number of hydrogen-bond acceptors (Lipinski definition) is 2. The summed E-state index contributed by atoms with van der Waals surface area (Å²) in [5.41, 5.74) is 2.63. The lowest BCUT2D eigenvalue weighted by Gasteiger charge is -2.14. The molecule has 0 radical (unpaired) electrons. The van der Waals surface area contributed by atoms with E-state index in [9.17, 15) is 4.39 Å². The molecule has 3 heteroatoms. The van der Waals surface area contributed by atoms with Crippen LogP contribution in [-0.4, -0.2) is 14.2 Å². The van der Waals surface area contributed by atoms with Crippen molar-refractivity contribution in [2.45, 2.75) is 6.92 Å². The number of methoxy groups -OCH3 is 2. The molecule has 0 aromatic heterocycles. The van der Waals surface area contributed by atoms with Crippen LogP contribution < -0.4 is 9.47 Å². The van der Waals surface area contributed by atoms with Crippen molar-refractivity contribution in [3.63, 3.8) is 0 Å². The number of hydrogen-bond donors (Lipinski definition) is 0. The molecule has 0 spiro atoms. The maximum atomic E-state index is 13.4. The third-order valence-corrected chi connectivity index (χ3v) is 2.89. The molecule has 18 heavy (non-hydrogen) atoms. The smallest absolute Gasteiger partial charge is 0.168 e. The number of para-hydroxylation sites is 1. The molecular weight excluding hydrogens is 231 g/mol. The van der Waals surface area contributed by atoms with Gasteiger partial charge in [-0.25, -0.2) is 4.39 Å². The number of aryl methyl sites for hydroxylation is 1. The quantitative estimate of drug-likeness (QED) is 0.819. The second kappa shape index (κ2) is 5.08. The molecule has 94 valence electrons. The third-order valence-electron chi connectivity index (χ3n) is 2.89. The number of halogens is 1. The van der Waals surface area contributed by atoms with Gasteiger partial charge in [-0.1, -0.05) is 18.2 Å². The molecule has 0 aliphatic carbocycles. The van der Waals surface area contributed by atoms with Crippen LogP contribution in [0.5, 0.6) is 11.5 Å². The Balaban J connectivity index is 2.66. The predicted octanol–water partition coefficient (Wildman–Crippen LogP) is 3.82. The SMILES string of the molecule is COc1cccc(-c2cc(F)ccc2C)c1OC. The summed E-state index contributed by atoms with van der Waals surface area (Å²) in [6.45, 7) is 1.94. The van der Waals surface area contributed by atoms with E-state index in [0.29, 0.717) is 11.5 Å². The first-order chi connectivity index (χ1) is 8.67. The van der Waals surface area contributed by atoms with Crippen LogP contribution in [0.15, 0.2) is 36.4 Å². The van der Waals surface area contributed by atoms with E-state index in [1.165, 1.54) is 12.1 Å².